The van der Waals surface area contributed by atoms with Crippen molar-refractivity contribution >= 4 is 27.6 Å². The number of aromatic nitrogens is 1. The lowest BCUT2D eigenvalue weighted by Crippen LogP contribution is -2.26. The molecule has 1 aromatic heterocycles. The van der Waals surface area contributed by atoms with Gasteiger partial charge in [-0.25, -0.2) is 0 Å². The van der Waals surface area contributed by atoms with Gasteiger partial charge in [-0.05, 0) is 42.8 Å². The highest BCUT2D eigenvalue weighted by atomic mass is 32.2. The van der Waals surface area contributed by atoms with Crippen molar-refractivity contribution in [3.63, 3.8) is 0 Å². The van der Waals surface area contributed by atoms with Gasteiger partial charge in [-0.3, -0.25) is 9.00 Å². The van der Waals surface area contributed by atoms with Crippen molar-refractivity contribution in [1.29, 1.82) is 0 Å². The summed E-state index contributed by atoms with van der Waals surface area (Å²) in [6.45, 7) is 1.95. The Bertz CT molecular complexity index is 913. The number of carbonyl (C=O) groups is 1. The fourth-order valence-electron chi connectivity index (χ4n) is 2.81. The first-order chi connectivity index (χ1) is 11.5. The second-order valence-electron chi connectivity index (χ2n) is 5.88. The van der Waals surface area contributed by atoms with Gasteiger partial charge in [0.05, 0.1) is 6.04 Å². The molecule has 0 saturated carbocycles. The van der Waals surface area contributed by atoms with Gasteiger partial charge >= 0.3 is 0 Å². The zero-order chi connectivity index (χ0) is 17.3. The van der Waals surface area contributed by atoms with Gasteiger partial charge in [-0.1, -0.05) is 18.2 Å². The summed E-state index contributed by atoms with van der Waals surface area (Å²) in [6.07, 6.45) is 3.61. The molecule has 0 aliphatic carbocycles. The second kappa shape index (κ2) is 6.61. The number of benzene rings is 2. The Balaban J connectivity index is 1.81. The van der Waals surface area contributed by atoms with E-state index in [2.05, 4.69) is 5.32 Å². The second-order valence-corrected chi connectivity index (χ2v) is 7.26. The van der Waals surface area contributed by atoms with Crippen molar-refractivity contribution in [3.8, 4) is 0 Å². The summed E-state index contributed by atoms with van der Waals surface area (Å²) in [7, 11) is 0.970. The number of aryl methyl sites for hydroxylation is 1. The zero-order valence-corrected chi connectivity index (χ0v) is 14.8. The molecule has 1 amide bonds. The molecule has 4 nitrogen and oxygen atoms in total. The average Bonchev–Trinajstić information content (AvgIpc) is 2.96. The number of hydrogen-bond acceptors (Lipinski definition) is 2. The molecule has 0 spiro atoms. The van der Waals surface area contributed by atoms with Gasteiger partial charge in [0.2, 0.25) is 0 Å². The molecule has 0 saturated heterocycles. The predicted molar refractivity (Wildman–Crippen MR) is 97.6 cm³/mol. The van der Waals surface area contributed by atoms with Crippen molar-refractivity contribution in [2.24, 2.45) is 7.05 Å². The van der Waals surface area contributed by atoms with Crippen LogP contribution in [0.3, 0.4) is 0 Å². The number of fused-ring (bicyclic) bond motifs is 1. The van der Waals surface area contributed by atoms with Crippen molar-refractivity contribution in [2.45, 2.75) is 17.9 Å². The van der Waals surface area contributed by atoms with Crippen LogP contribution in [0, 0.1) is 0 Å². The highest BCUT2D eigenvalue weighted by Gasteiger charge is 2.15. The van der Waals surface area contributed by atoms with E-state index in [1.807, 2.05) is 73.3 Å². The SMILES string of the molecule is CC(NC(=O)c1cccc2c1ccn2C)c1ccc(S(C)=O)cc1. The van der Waals surface area contributed by atoms with Crippen LogP contribution >= 0.6 is 0 Å². The maximum absolute atomic E-state index is 12.7. The minimum atomic E-state index is -0.994. The van der Waals surface area contributed by atoms with E-state index >= 15 is 0 Å². The van der Waals surface area contributed by atoms with Crippen molar-refractivity contribution in [3.05, 3.63) is 65.9 Å². The van der Waals surface area contributed by atoms with Gasteiger partial charge in [0, 0.05) is 51.7 Å². The lowest BCUT2D eigenvalue weighted by molar-refractivity contribution is 0.0941. The fraction of sp³-hybridized carbons (Fsp3) is 0.211. The topological polar surface area (TPSA) is 51.1 Å². The summed E-state index contributed by atoms with van der Waals surface area (Å²) >= 11 is 0. The van der Waals surface area contributed by atoms with Gasteiger partial charge in [0.1, 0.15) is 0 Å². The molecule has 0 radical (unpaired) electrons. The molecule has 1 heterocycles. The van der Waals surface area contributed by atoms with Gasteiger partial charge in [-0.2, -0.15) is 0 Å². The van der Waals surface area contributed by atoms with Crippen LogP contribution in [0.4, 0.5) is 0 Å². The minimum Gasteiger partial charge on any atom is -0.351 e. The van der Waals surface area contributed by atoms with E-state index in [0.29, 0.717) is 5.56 Å². The van der Waals surface area contributed by atoms with E-state index in [0.717, 1.165) is 21.4 Å². The van der Waals surface area contributed by atoms with Crippen molar-refractivity contribution in [1.82, 2.24) is 9.88 Å². The lowest BCUT2D eigenvalue weighted by Gasteiger charge is -2.15. The molecular weight excluding hydrogens is 320 g/mol. The number of nitrogens with one attached hydrogen (secondary N) is 1. The Morgan fingerprint density at radius 2 is 1.83 bits per heavy atom. The monoisotopic (exact) mass is 340 g/mol. The molecule has 5 heteroatoms. The summed E-state index contributed by atoms with van der Waals surface area (Å²) < 4.78 is 13.5. The summed E-state index contributed by atoms with van der Waals surface area (Å²) in [5.41, 5.74) is 2.69. The number of rotatable bonds is 4. The Hall–Kier alpha value is -2.40. The van der Waals surface area contributed by atoms with Gasteiger partial charge < -0.3 is 9.88 Å². The lowest BCUT2D eigenvalue weighted by atomic mass is 10.1. The molecule has 2 atom stereocenters. The largest absolute Gasteiger partial charge is 0.351 e. The van der Waals surface area contributed by atoms with Gasteiger partial charge in [0.15, 0.2) is 0 Å². The molecule has 2 unspecified atom stereocenters. The highest BCUT2D eigenvalue weighted by molar-refractivity contribution is 7.84. The van der Waals surface area contributed by atoms with E-state index in [1.54, 1.807) is 6.26 Å². The minimum absolute atomic E-state index is 0.0950. The van der Waals surface area contributed by atoms with Crippen LogP contribution < -0.4 is 5.32 Å². The number of amides is 1. The summed E-state index contributed by atoms with van der Waals surface area (Å²) in [5, 5.41) is 3.98. The van der Waals surface area contributed by atoms with E-state index in [4.69, 9.17) is 0 Å². The summed E-state index contributed by atoms with van der Waals surface area (Å²) in [5.74, 6) is -0.0950. The van der Waals surface area contributed by atoms with Crippen LogP contribution in [0.25, 0.3) is 10.9 Å². The van der Waals surface area contributed by atoms with Crippen molar-refractivity contribution in [2.75, 3.05) is 6.26 Å². The van der Waals surface area contributed by atoms with E-state index in [1.165, 1.54) is 0 Å². The third-order valence-electron chi connectivity index (χ3n) is 4.23. The Labute approximate surface area is 143 Å². The molecule has 1 N–H and O–H groups in total. The smallest absolute Gasteiger partial charge is 0.252 e. The molecule has 0 aliphatic rings. The number of nitrogens with zero attached hydrogens (tertiary/aromatic N) is 1. The maximum Gasteiger partial charge on any atom is 0.252 e. The molecule has 3 aromatic rings. The molecule has 0 aliphatic heterocycles. The summed E-state index contributed by atoms with van der Waals surface area (Å²) in [4.78, 5) is 13.4. The highest BCUT2D eigenvalue weighted by Crippen LogP contribution is 2.21. The number of hydrogen-bond donors (Lipinski definition) is 1. The Morgan fingerprint density at radius 3 is 2.50 bits per heavy atom. The van der Waals surface area contributed by atoms with Gasteiger partial charge in [-0.15, -0.1) is 0 Å². The van der Waals surface area contributed by atoms with Crippen LogP contribution in [0.15, 0.2) is 59.6 Å². The third kappa shape index (κ3) is 3.12. The molecule has 0 fully saturated rings. The molecule has 0 bridgehead atoms. The molecule has 2 aromatic carbocycles. The first-order valence-electron chi connectivity index (χ1n) is 7.75. The van der Waals surface area contributed by atoms with E-state index < -0.39 is 10.8 Å². The van der Waals surface area contributed by atoms with E-state index in [-0.39, 0.29) is 11.9 Å². The van der Waals surface area contributed by atoms with Crippen LogP contribution in [0.5, 0.6) is 0 Å². The molecule has 124 valence electrons. The van der Waals surface area contributed by atoms with Crippen LogP contribution in [-0.2, 0) is 17.8 Å². The van der Waals surface area contributed by atoms with Gasteiger partial charge in [0.25, 0.3) is 5.91 Å². The molecule has 24 heavy (non-hydrogen) atoms. The molecular formula is C19H20N2O2S. The van der Waals surface area contributed by atoms with Crippen molar-refractivity contribution < 1.29 is 9.00 Å². The standard InChI is InChI=1S/C19H20N2O2S/c1-13(14-7-9-15(10-8-14)24(3)23)20-19(22)17-5-4-6-18-16(17)11-12-21(18)2/h4-13H,1-3H3,(H,20,22). The average molecular weight is 340 g/mol. The van der Waals surface area contributed by atoms with Crippen LogP contribution in [-0.4, -0.2) is 20.9 Å². The first kappa shape index (κ1) is 16.5. The fourth-order valence-corrected chi connectivity index (χ4v) is 3.33. The maximum atomic E-state index is 12.7. The zero-order valence-electron chi connectivity index (χ0n) is 13.9. The summed E-state index contributed by atoms with van der Waals surface area (Å²) in [6, 6.07) is 15.1. The quantitative estimate of drug-likeness (QED) is 0.791. The van der Waals surface area contributed by atoms with Crippen LogP contribution in [0.1, 0.15) is 28.9 Å². The van der Waals surface area contributed by atoms with E-state index in [9.17, 15) is 9.00 Å². The predicted octanol–water partition coefficient (Wildman–Crippen LogP) is 3.41. The first-order valence-corrected chi connectivity index (χ1v) is 9.31. The number of carbonyl (C=O) groups excluding carboxylic acids is 1. The molecule has 3 rings (SSSR count). The Morgan fingerprint density at radius 1 is 1.12 bits per heavy atom. The third-order valence-corrected chi connectivity index (χ3v) is 5.17. The van der Waals surface area contributed by atoms with Crippen LogP contribution in [0.2, 0.25) is 0 Å². The Kier molecular flexibility index (Phi) is 4.53. The normalized spacial score (nSPS) is 13.6.